The van der Waals surface area contributed by atoms with Crippen LogP contribution in [0.15, 0.2) is 70.1 Å². The van der Waals surface area contributed by atoms with Crippen LogP contribution in [0.1, 0.15) is 0 Å². The van der Waals surface area contributed by atoms with Gasteiger partial charge in [0.1, 0.15) is 11.4 Å². The lowest BCUT2D eigenvalue weighted by Crippen LogP contribution is -1.99. The highest BCUT2D eigenvalue weighted by Crippen LogP contribution is 2.21. The summed E-state index contributed by atoms with van der Waals surface area (Å²) < 4.78 is 5.71. The normalized spacial score (nSPS) is 10.3. The van der Waals surface area contributed by atoms with Gasteiger partial charge >= 0.3 is 0 Å². The van der Waals surface area contributed by atoms with E-state index in [0.717, 1.165) is 0 Å². The van der Waals surface area contributed by atoms with Crippen molar-refractivity contribution in [3.8, 4) is 22.9 Å². The molecule has 3 heterocycles. The summed E-state index contributed by atoms with van der Waals surface area (Å²) in [6.45, 7) is 0. The molecular weight excluding hydrogens is 240 g/mol. The van der Waals surface area contributed by atoms with Gasteiger partial charge in [0.05, 0.1) is 0 Å². The average Bonchev–Trinajstić information content (AvgIpc) is 2.48. The minimum atomic E-state index is -0.132. The summed E-state index contributed by atoms with van der Waals surface area (Å²) in [6, 6.07) is 13.7. The topological polar surface area (TPSA) is 56.0 Å². The highest BCUT2D eigenvalue weighted by atomic mass is 16.3. The Morgan fingerprint density at radius 3 is 1.74 bits per heavy atom. The Hall–Kier alpha value is -2.75. The molecule has 4 nitrogen and oxygen atoms in total. The minimum absolute atomic E-state index is 0.132. The standard InChI is InChI=1S/C15H10N2O2/c18-11-9-14(12-5-1-3-7-16-12)19-15(10-11)13-6-2-4-8-17-13/h1-10H. The zero-order valence-electron chi connectivity index (χ0n) is 9.98. The molecule has 0 bridgehead atoms. The number of hydrogen-bond donors (Lipinski definition) is 0. The molecule has 0 radical (unpaired) electrons. The Balaban J connectivity index is 2.15. The van der Waals surface area contributed by atoms with Crippen LogP contribution in [0, 0.1) is 0 Å². The van der Waals surface area contributed by atoms with Crippen molar-refractivity contribution in [2.75, 3.05) is 0 Å². The second-order valence-electron chi connectivity index (χ2n) is 3.95. The molecule has 0 amide bonds. The molecular formula is C15H10N2O2. The van der Waals surface area contributed by atoms with Gasteiger partial charge in [-0.3, -0.25) is 14.8 Å². The molecule has 3 aromatic rings. The fraction of sp³-hybridized carbons (Fsp3) is 0. The number of nitrogens with zero attached hydrogens (tertiary/aromatic N) is 2. The Bertz CT molecular complexity index is 676. The van der Waals surface area contributed by atoms with E-state index in [1.54, 1.807) is 24.5 Å². The monoisotopic (exact) mass is 250 g/mol. The van der Waals surface area contributed by atoms with Gasteiger partial charge in [-0.2, -0.15) is 0 Å². The van der Waals surface area contributed by atoms with Crippen molar-refractivity contribution < 1.29 is 4.42 Å². The lowest BCUT2D eigenvalue weighted by atomic mass is 10.2. The predicted molar refractivity (Wildman–Crippen MR) is 71.4 cm³/mol. The van der Waals surface area contributed by atoms with E-state index in [4.69, 9.17) is 4.42 Å². The average molecular weight is 250 g/mol. The van der Waals surface area contributed by atoms with Gasteiger partial charge < -0.3 is 4.42 Å². The van der Waals surface area contributed by atoms with Gasteiger partial charge in [-0.25, -0.2) is 0 Å². The second kappa shape index (κ2) is 4.86. The summed E-state index contributed by atoms with van der Waals surface area (Å²) in [6.07, 6.45) is 3.31. The van der Waals surface area contributed by atoms with Crippen molar-refractivity contribution >= 4 is 0 Å². The molecule has 3 rings (SSSR count). The Labute approximate surface area is 109 Å². The molecule has 0 aliphatic rings. The molecule has 0 saturated heterocycles. The van der Waals surface area contributed by atoms with Gasteiger partial charge in [0.15, 0.2) is 16.9 Å². The third-order valence-electron chi connectivity index (χ3n) is 2.60. The van der Waals surface area contributed by atoms with Crippen LogP contribution < -0.4 is 5.43 Å². The second-order valence-corrected chi connectivity index (χ2v) is 3.95. The first-order valence-corrected chi connectivity index (χ1v) is 5.81. The third-order valence-corrected chi connectivity index (χ3v) is 2.60. The highest BCUT2D eigenvalue weighted by Gasteiger charge is 2.08. The van der Waals surface area contributed by atoms with E-state index in [1.807, 2.05) is 24.3 Å². The number of rotatable bonds is 2. The van der Waals surface area contributed by atoms with Crippen LogP contribution in [0.2, 0.25) is 0 Å². The third kappa shape index (κ3) is 2.42. The zero-order chi connectivity index (χ0) is 13.1. The van der Waals surface area contributed by atoms with Crippen LogP contribution in [0.5, 0.6) is 0 Å². The van der Waals surface area contributed by atoms with Gasteiger partial charge in [0, 0.05) is 24.5 Å². The first-order valence-electron chi connectivity index (χ1n) is 5.81. The van der Waals surface area contributed by atoms with E-state index < -0.39 is 0 Å². The first kappa shape index (κ1) is 11.3. The first-order chi connectivity index (χ1) is 9.33. The molecule has 0 N–H and O–H groups in total. The Morgan fingerprint density at radius 1 is 0.789 bits per heavy atom. The maximum absolute atomic E-state index is 11.7. The molecule has 3 aromatic heterocycles. The van der Waals surface area contributed by atoms with E-state index >= 15 is 0 Å². The molecule has 19 heavy (non-hydrogen) atoms. The van der Waals surface area contributed by atoms with Gasteiger partial charge in [-0.05, 0) is 24.3 Å². The van der Waals surface area contributed by atoms with Crippen LogP contribution in [-0.4, -0.2) is 9.97 Å². The van der Waals surface area contributed by atoms with Gasteiger partial charge in [0.25, 0.3) is 0 Å². The van der Waals surface area contributed by atoms with Crippen molar-refractivity contribution in [1.29, 1.82) is 0 Å². The van der Waals surface area contributed by atoms with Crippen LogP contribution >= 0.6 is 0 Å². The quantitative estimate of drug-likeness (QED) is 0.701. The molecule has 0 aromatic carbocycles. The number of hydrogen-bond acceptors (Lipinski definition) is 4. The maximum atomic E-state index is 11.7. The fourth-order valence-corrected chi connectivity index (χ4v) is 1.75. The van der Waals surface area contributed by atoms with Gasteiger partial charge in [0.2, 0.25) is 0 Å². The number of aromatic nitrogens is 2. The van der Waals surface area contributed by atoms with Crippen molar-refractivity contribution in [2.45, 2.75) is 0 Å². The Morgan fingerprint density at radius 2 is 1.32 bits per heavy atom. The molecule has 0 aliphatic carbocycles. The van der Waals surface area contributed by atoms with E-state index in [0.29, 0.717) is 22.9 Å². The molecule has 92 valence electrons. The fourth-order valence-electron chi connectivity index (χ4n) is 1.75. The van der Waals surface area contributed by atoms with Crippen LogP contribution in [-0.2, 0) is 0 Å². The van der Waals surface area contributed by atoms with E-state index in [1.165, 1.54) is 12.1 Å². The van der Waals surface area contributed by atoms with Gasteiger partial charge in [-0.15, -0.1) is 0 Å². The van der Waals surface area contributed by atoms with E-state index in [9.17, 15) is 4.79 Å². The van der Waals surface area contributed by atoms with Crippen LogP contribution in [0.3, 0.4) is 0 Å². The summed E-state index contributed by atoms with van der Waals surface area (Å²) >= 11 is 0. The summed E-state index contributed by atoms with van der Waals surface area (Å²) in [5, 5.41) is 0. The van der Waals surface area contributed by atoms with Gasteiger partial charge in [-0.1, -0.05) is 12.1 Å². The molecule has 0 atom stereocenters. The highest BCUT2D eigenvalue weighted by molar-refractivity contribution is 5.57. The lowest BCUT2D eigenvalue weighted by molar-refractivity contribution is 0.575. The molecule has 0 unspecified atom stereocenters. The van der Waals surface area contributed by atoms with Crippen LogP contribution in [0.25, 0.3) is 22.9 Å². The van der Waals surface area contributed by atoms with Crippen molar-refractivity contribution in [3.05, 3.63) is 71.1 Å². The van der Waals surface area contributed by atoms with Crippen molar-refractivity contribution in [2.24, 2.45) is 0 Å². The van der Waals surface area contributed by atoms with Crippen molar-refractivity contribution in [1.82, 2.24) is 9.97 Å². The smallest absolute Gasteiger partial charge is 0.186 e. The SMILES string of the molecule is O=c1cc(-c2ccccn2)oc(-c2ccccn2)c1. The van der Waals surface area contributed by atoms with Crippen LogP contribution in [0.4, 0.5) is 0 Å². The summed E-state index contributed by atoms with van der Waals surface area (Å²) in [5.74, 6) is 0.877. The number of pyridine rings is 2. The lowest BCUT2D eigenvalue weighted by Gasteiger charge is -2.03. The van der Waals surface area contributed by atoms with E-state index in [-0.39, 0.29) is 5.43 Å². The minimum Gasteiger partial charge on any atom is -0.453 e. The predicted octanol–water partition coefficient (Wildman–Crippen LogP) is 2.76. The largest absolute Gasteiger partial charge is 0.453 e. The molecule has 0 fully saturated rings. The summed E-state index contributed by atoms with van der Waals surface area (Å²) in [5.41, 5.74) is 1.11. The van der Waals surface area contributed by atoms with Crippen molar-refractivity contribution in [3.63, 3.8) is 0 Å². The summed E-state index contributed by atoms with van der Waals surface area (Å²) in [7, 11) is 0. The molecule has 0 aliphatic heterocycles. The zero-order valence-corrected chi connectivity index (χ0v) is 9.98. The molecule has 4 heteroatoms. The molecule has 0 spiro atoms. The maximum Gasteiger partial charge on any atom is 0.186 e. The Kier molecular flexibility index (Phi) is 2.90. The van der Waals surface area contributed by atoms with E-state index in [2.05, 4.69) is 9.97 Å². The summed E-state index contributed by atoms with van der Waals surface area (Å²) in [4.78, 5) is 20.1. The molecule has 0 saturated carbocycles.